The Morgan fingerprint density at radius 2 is 2.11 bits per heavy atom. The lowest BCUT2D eigenvalue weighted by Crippen LogP contribution is -2.20. The Labute approximate surface area is 122 Å². The third-order valence-corrected chi connectivity index (χ3v) is 4.01. The maximum Gasteiger partial charge on any atom is 0.137 e. The van der Waals surface area contributed by atoms with Crippen molar-refractivity contribution in [2.45, 2.75) is 46.1 Å². The van der Waals surface area contributed by atoms with E-state index in [1.54, 1.807) is 6.26 Å². The van der Waals surface area contributed by atoms with Crippen LogP contribution in [0.25, 0.3) is 0 Å². The Morgan fingerprint density at radius 3 is 2.68 bits per heavy atom. The van der Waals surface area contributed by atoms with Crippen LogP contribution in [0.4, 0.5) is 5.82 Å². The predicted octanol–water partition coefficient (Wildman–Crippen LogP) is 2.96. The van der Waals surface area contributed by atoms with Crippen LogP contribution in [-0.4, -0.2) is 32.2 Å². The van der Waals surface area contributed by atoms with Crippen LogP contribution in [0.3, 0.4) is 0 Å². The van der Waals surface area contributed by atoms with Gasteiger partial charge in [-0.15, -0.1) is 0 Å². The summed E-state index contributed by atoms with van der Waals surface area (Å²) in [6.45, 7) is 6.05. The zero-order valence-corrected chi connectivity index (χ0v) is 13.6. The molecule has 19 heavy (non-hydrogen) atoms. The molecule has 0 saturated carbocycles. The van der Waals surface area contributed by atoms with E-state index in [4.69, 9.17) is 11.6 Å². The van der Waals surface area contributed by atoms with Gasteiger partial charge in [0.2, 0.25) is 0 Å². The molecule has 0 aliphatic carbocycles. The minimum Gasteiger partial charge on any atom is -0.367 e. The lowest BCUT2D eigenvalue weighted by Gasteiger charge is -2.16. The van der Waals surface area contributed by atoms with E-state index in [1.165, 1.54) is 0 Å². The van der Waals surface area contributed by atoms with Crippen LogP contribution in [0.5, 0.6) is 0 Å². The van der Waals surface area contributed by atoms with Crippen molar-refractivity contribution < 1.29 is 4.21 Å². The van der Waals surface area contributed by atoms with Crippen molar-refractivity contribution in [1.82, 2.24) is 9.97 Å². The number of halogens is 1. The van der Waals surface area contributed by atoms with E-state index in [-0.39, 0.29) is 6.04 Å². The van der Waals surface area contributed by atoms with Crippen LogP contribution in [0.15, 0.2) is 0 Å². The number of hydrogen-bond acceptors (Lipinski definition) is 4. The lowest BCUT2D eigenvalue weighted by atomic mass is 10.2. The smallest absolute Gasteiger partial charge is 0.137 e. The average molecular weight is 304 g/mol. The second kappa shape index (κ2) is 7.80. The Hall–Kier alpha value is -0.680. The highest BCUT2D eigenvalue weighted by Crippen LogP contribution is 2.21. The van der Waals surface area contributed by atoms with Crippen LogP contribution in [0.2, 0.25) is 5.15 Å². The summed E-state index contributed by atoms with van der Waals surface area (Å²) in [7, 11) is -0.760. The second-order valence-corrected chi connectivity index (χ2v) is 6.68. The van der Waals surface area contributed by atoms with E-state index >= 15 is 0 Å². The maximum absolute atomic E-state index is 11.1. The number of nitrogens with one attached hydrogen (secondary N) is 1. The average Bonchev–Trinajstić information content (AvgIpc) is 2.33. The summed E-state index contributed by atoms with van der Waals surface area (Å²) in [5.74, 6) is 2.25. The van der Waals surface area contributed by atoms with Crippen LogP contribution >= 0.6 is 11.6 Å². The van der Waals surface area contributed by atoms with E-state index in [2.05, 4.69) is 29.1 Å². The van der Waals surface area contributed by atoms with Crippen molar-refractivity contribution in [3.05, 3.63) is 16.5 Å². The van der Waals surface area contributed by atoms with Crippen molar-refractivity contribution >= 4 is 28.2 Å². The van der Waals surface area contributed by atoms with Crippen molar-refractivity contribution in [1.29, 1.82) is 0 Å². The minimum absolute atomic E-state index is 0.211. The summed E-state index contributed by atoms with van der Waals surface area (Å²) in [5.41, 5.74) is 0.867. The minimum atomic E-state index is -0.760. The summed E-state index contributed by atoms with van der Waals surface area (Å²) in [5, 5.41) is 3.84. The van der Waals surface area contributed by atoms with Gasteiger partial charge in [0, 0.05) is 40.8 Å². The fourth-order valence-electron chi connectivity index (χ4n) is 1.66. The van der Waals surface area contributed by atoms with Gasteiger partial charge in [-0.1, -0.05) is 18.5 Å². The molecule has 108 valence electrons. The molecule has 1 aromatic heterocycles. The van der Waals surface area contributed by atoms with E-state index in [0.717, 1.165) is 36.5 Å². The van der Waals surface area contributed by atoms with Crippen LogP contribution in [-0.2, 0) is 17.2 Å². The molecule has 0 bridgehead atoms. The van der Waals surface area contributed by atoms with Gasteiger partial charge in [-0.3, -0.25) is 4.21 Å². The molecular weight excluding hydrogens is 282 g/mol. The molecule has 0 radical (unpaired) electrons. The largest absolute Gasteiger partial charge is 0.367 e. The van der Waals surface area contributed by atoms with E-state index in [1.807, 2.05) is 6.92 Å². The molecule has 0 aliphatic heterocycles. The van der Waals surface area contributed by atoms with Gasteiger partial charge >= 0.3 is 0 Å². The number of hydrogen-bond donors (Lipinski definition) is 1. The van der Waals surface area contributed by atoms with E-state index < -0.39 is 10.8 Å². The van der Waals surface area contributed by atoms with Crippen LogP contribution < -0.4 is 5.32 Å². The van der Waals surface area contributed by atoms with E-state index in [9.17, 15) is 4.21 Å². The maximum atomic E-state index is 11.1. The third kappa shape index (κ3) is 5.45. The first-order valence-corrected chi connectivity index (χ1v) is 8.64. The molecule has 0 amide bonds. The van der Waals surface area contributed by atoms with Crippen molar-refractivity contribution in [3.63, 3.8) is 0 Å². The van der Waals surface area contributed by atoms with Gasteiger partial charge < -0.3 is 5.32 Å². The first kappa shape index (κ1) is 16.4. The molecule has 0 aliphatic rings. The van der Waals surface area contributed by atoms with Gasteiger partial charge in [-0.2, -0.15) is 0 Å². The molecule has 6 heteroatoms. The summed E-state index contributed by atoms with van der Waals surface area (Å²) in [6.07, 6.45) is 4.37. The SMILES string of the molecule is CCCc1nc(Cl)c(C)c(NC(C)CCS(C)=O)n1. The Balaban J connectivity index is 2.78. The highest BCUT2D eigenvalue weighted by molar-refractivity contribution is 7.84. The molecule has 1 rings (SSSR count). The number of anilines is 1. The third-order valence-electron chi connectivity index (χ3n) is 2.83. The van der Waals surface area contributed by atoms with Crippen molar-refractivity contribution in [2.24, 2.45) is 0 Å². The molecular formula is C13H22ClN3OS. The van der Waals surface area contributed by atoms with Gasteiger partial charge in [0.05, 0.1) is 0 Å². The molecule has 0 spiro atoms. The summed E-state index contributed by atoms with van der Waals surface area (Å²) < 4.78 is 11.1. The fraction of sp³-hybridized carbons (Fsp3) is 0.692. The fourth-order valence-corrected chi connectivity index (χ4v) is 2.53. The summed E-state index contributed by atoms with van der Waals surface area (Å²) >= 11 is 6.13. The predicted molar refractivity (Wildman–Crippen MR) is 82.4 cm³/mol. The monoisotopic (exact) mass is 303 g/mol. The Bertz CT molecular complexity index is 454. The van der Waals surface area contributed by atoms with E-state index in [0.29, 0.717) is 10.9 Å². The normalized spacial score (nSPS) is 14.2. The Kier molecular flexibility index (Phi) is 6.72. The highest BCUT2D eigenvalue weighted by Gasteiger charge is 2.11. The number of aryl methyl sites for hydroxylation is 1. The van der Waals surface area contributed by atoms with Crippen molar-refractivity contribution in [3.8, 4) is 0 Å². The summed E-state index contributed by atoms with van der Waals surface area (Å²) in [6, 6.07) is 0.211. The van der Waals surface area contributed by atoms with Crippen LogP contribution in [0.1, 0.15) is 38.1 Å². The van der Waals surface area contributed by atoms with Crippen LogP contribution in [0, 0.1) is 6.92 Å². The molecule has 4 nitrogen and oxygen atoms in total. The quantitative estimate of drug-likeness (QED) is 0.787. The number of aromatic nitrogens is 2. The zero-order valence-electron chi connectivity index (χ0n) is 12.0. The van der Waals surface area contributed by atoms with Crippen molar-refractivity contribution in [2.75, 3.05) is 17.3 Å². The number of nitrogens with zero attached hydrogens (tertiary/aromatic N) is 2. The van der Waals surface area contributed by atoms with Gasteiger partial charge in [0.15, 0.2) is 0 Å². The highest BCUT2D eigenvalue weighted by atomic mass is 35.5. The molecule has 1 aromatic rings. The molecule has 0 fully saturated rings. The van der Waals surface area contributed by atoms with Gasteiger partial charge in [-0.25, -0.2) is 9.97 Å². The standard InChI is InChI=1S/C13H22ClN3OS/c1-5-6-11-16-12(14)10(3)13(17-11)15-9(2)7-8-19(4)18/h9H,5-8H2,1-4H3,(H,15,16,17). The second-order valence-electron chi connectivity index (χ2n) is 4.77. The molecule has 1 heterocycles. The molecule has 1 N–H and O–H groups in total. The first-order valence-electron chi connectivity index (χ1n) is 6.53. The molecule has 0 aromatic carbocycles. The Morgan fingerprint density at radius 1 is 1.42 bits per heavy atom. The number of rotatable bonds is 7. The molecule has 0 saturated heterocycles. The summed E-state index contributed by atoms with van der Waals surface area (Å²) in [4.78, 5) is 8.78. The van der Waals surface area contributed by atoms with Gasteiger partial charge in [0.1, 0.15) is 16.8 Å². The molecule has 2 atom stereocenters. The topological polar surface area (TPSA) is 54.9 Å². The zero-order chi connectivity index (χ0) is 14.4. The molecule has 2 unspecified atom stereocenters. The lowest BCUT2D eigenvalue weighted by molar-refractivity contribution is 0.678. The van der Waals surface area contributed by atoms with Gasteiger partial charge in [0.25, 0.3) is 0 Å². The first-order chi connectivity index (χ1) is 8.93. The van der Waals surface area contributed by atoms with Gasteiger partial charge in [-0.05, 0) is 26.7 Å².